The van der Waals surface area contributed by atoms with Crippen LogP contribution in [-0.4, -0.2) is 22.4 Å². The maximum Gasteiger partial charge on any atom is 0.418 e. The average molecular weight is 248 g/mol. The van der Waals surface area contributed by atoms with Crippen LogP contribution < -0.4 is 0 Å². The predicted molar refractivity (Wildman–Crippen MR) is 53.5 cm³/mol. The van der Waals surface area contributed by atoms with Crippen LogP contribution in [0.2, 0.25) is 0 Å². The number of hydrogen-bond acceptors (Lipinski definition) is 2. The van der Waals surface area contributed by atoms with Crippen LogP contribution in [0.15, 0.2) is 24.3 Å². The molecule has 0 aliphatic heterocycles. The van der Waals surface area contributed by atoms with E-state index in [2.05, 4.69) is 0 Å². The van der Waals surface area contributed by atoms with Crippen LogP contribution in [0.25, 0.3) is 0 Å². The highest BCUT2D eigenvalue weighted by Gasteiger charge is 2.39. The lowest BCUT2D eigenvalue weighted by Gasteiger charge is -2.15. The van der Waals surface area contributed by atoms with Crippen LogP contribution >= 0.6 is 0 Å². The highest BCUT2D eigenvalue weighted by Crippen LogP contribution is 2.32. The van der Waals surface area contributed by atoms with Gasteiger partial charge in [0.15, 0.2) is 6.10 Å². The van der Waals surface area contributed by atoms with E-state index in [4.69, 9.17) is 10.2 Å². The molecule has 0 aromatic heterocycles. The molecular formula is C11H11F3O3. The van der Waals surface area contributed by atoms with E-state index >= 15 is 0 Å². The molecule has 0 fully saturated rings. The minimum Gasteiger partial charge on any atom is -0.481 e. The van der Waals surface area contributed by atoms with Crippen molar-refractivity contribution >= 4 is 5.97 Å². The number of carboxylic acid groups (broad SMARTS) is 1. The molecule has 1 aromatic rings. The van der Waals surface area contributed by atoms with Gasteiger partial charge < -0.3 is 10.2 Å². The lowest BCUT2D eigenvalue weighted by atomic mass is 9.98. The van der Waals surface area contributed by atoms with Gasteiger partial charge in [-0.1, -0.05) is 24.3 Å². The number of aliphatic hydroxyl groups is 1. The largest absolute Gasteiger partial charge is 0.481 e. The fraction of sp³-hybridized carbons (Fsp3) is 0.364. The Morgan fingerprint density at radius 3 is 1.94 bits per heavy atom. The molecule has 0 heterocycles. The first-order valence-electron chi connectivity index (χ1n) is 4.81. The number of rotatable bonds is 3. The molecule has 2 unspecified atom stereocenters. The fourth-order valence-corrected chi connectivity index (χ4v) is 1.30. The number of hydrogen-bond donors (Lipinski definition) is 2. The van der Waals surface area contributed by atoms with Crippen LogP contribution in [0.5, 0.6) is 0 Å². The fourth-order valence-electron chi connectivity index (χ4n) is 1.30. The van der Waals surface area contributed by atoms with E-state index in [1.165, 1.54) is 19.1 Å². The van der Waals surface area contributed by atoms with E-state index in [0.717, 1.165) is 12.1 Å². The van der Waals surface area contributed by atoms with E-state index in [-0.39, 0.29) is 5.56 Å². The maximum absolute atomic E-state index is 12.2. The third-order valence-electron chi connectivity index (χ3n) is 2.43. The second-order valence-corrected chi connectivity index (χ2v) is 3.67. The zero-order valence-electron chi connectivity index (χ0n) is 8.90. The number of carboxylic acids is 1. The first kappa shape index (κ1) is 13.5. The summed E-state index contributed by atoms with van der Waals surface area (Å²) in [4.78, 5) is 10.6. The lowest BCUT2D eigenvalue weighted by molar-refractivity contribution is -0.206. The van der Waals surface area contributed by atoms with E-state index in [1.807, 2.05) is 0 Å². The summed E-state index contributed by atoms with van der Waals surface area (Å²) in [6.45, 7) is 1.43. The molecule has 1 rings (SSSR count). The Morgan fingerprint density at radius 1 is 1.18 bits per heavy atom. The number of benzene rings is 1. The summed E-state index contributed by atoms with van der Waals surface area (Å²) in [6, 6.07) is 4.69. The molecule has 0 bridgehead atoms. The van der Waals surface area contributed by atoms with Gasteiger partial charge in [0.05, 0.1) is 5.92 Å². The summed E-state index contributed by atoms with van der Waals surface area (Å²) in [5.74, 6) is -1.86. The number of halogens is 3. The van der Waals surface area contributed by atoms with Gasteiger partial charge in [-0.3, -0.25) is 4.79 Å². The van der Waals surface area contributed by atoms with Gasteiger partial charge in [-0.05, 0) is 18.1 Å². The van der Waals surface area contributed by atoms with Crippen LogP contribution in [0.4, 0.5) is 13.2 Å². The van der Waals surface area contributed by atoms with Gasteiger partial charge >= 0.3 is 12.1 Å². The normalized spacial score (nSPS) is 15.4. The SMILES string of the molecule is CC(C(=O)O)c1ccc(C(O)C(F)(F)F)cc1. The van der Waals surface area contributed by atoms with Crippen molar-refractivity contribution in [3.63, 3.8) is 0 Å². The van der Waals surface area contributed by atoms with E-state index in [1.54, 1.807) is 0 Å². The number of carbonyl (C=O) groups is 1. The smallest absolute Gasteiger partial charge is 0.418 e. The van der Waals surface area contributed by atoms with Crippen LogP contribution in [0.1, 0.15) is 30.1 Å². The second-order valence-electron chi connectivity index (χ2n) is 3.67. The minimum atomic E-state index is -4.72. The van der Waals surface area contributed by atoms with Crippen molar-refractivity contribution in [3.8, 4) is 0 Å². The van der Waals surface area contributed by atoms with Gasteiger partial charge in [-0.15, -0.1) is 0 Å². The molecule has 0 saturated heterocycles. The highest BCUT2D eigenvalue weighted by atomic mass is 19.4. The molecule has 0 spiro atoms. The van der Waals surface area contributed by atoms with Crippen molar-refractivity contribution in [2.45, 2.75) is 25.1 Å². The zero-order valence-corrected chi connectivity index (χ0v) is 8.90. The molecule has 6 heteroatoms. The number of aliphatic carboxylic acids is 1. The van der Waals surface area contributed by atoms with Crippen molar-refractivity contribution < 1.29 is 28.2 Å². The summed E-state index contributed by atoms with van der Waals surface area (Å²) in [7, 11) is 0. The molecule has 3 nitrogen and oxygen atoms in total. The summed E-state index contributed by atoms with van der Waals surface area (Å²) in [6.07, 6.45) is -7.27. The molecule has 0 radical (unpaired) electrons. The zero-order chi connectivity index (χ0) is 13.2. The van der Waals surface area contributed by atoms with Crippen molar-refractivity contribution in [3.05, 3.63) is 35.4 Å². The van der Waals surface area contributed by atoms with Gasteiger partial charge in [0.1, 0.15) is 0 Å². The van der Waals surface area contributed by atoms with Crippen molar-refractivity contribution in [1.82, 2.24) is 0 Å². The summed E-state index contributed by atoms with van der Waals surface area (Å²) in [5, 5.41) is 17.7. The summed E-state index contributed by atoms with van der Waals surface area (Å²) < 4.78 is 36.5. The molecule has 0 aliphatic carbocycles. The van der Waals surface area contributed by atoms with E-state index in [9.17, 15) is 18.0 Å². The first-order valence-corrected chi connectivity index (χ1v) is 4.81. The molecular weight excluding hydrogens is 237 g/mol. The van der Waals surface area contributed by atoms with Gasteiger partial charge in [0.25, 0.3) is 0 Å². The standard InChI is InChI=1S/C11H11F3O3/c1-6(10(16)17)7-2-4-8(5-3-7)9(15)11(12,13)14/h2-6,9,15H,1H3,(H,16,17). The maximum atomic E-state index is 12.2. The van der Waals surface area contributed by atoms with Crippen LogP contribution in [-0.2, 0) is 4.79 Å². The quantitative estimate of drug-likeness (QED) is 0.863. The average Bonchev–Trinajstić information content (AvgIpc) is 2.26. The number of alkyl halides is 3. The Morgan fingerprint density at radius 2 is 1.59 bits per heavy atom. The van der Waals surface area contributed by atoms with Gasteiger partial charge in [0.2, 0.25) is 0 Å². The Bertz CT molecular complexity index is 397. The summed E-state index contributed by atoms with van der Waals surface area (Å²) >= 11 is 0. The Balaban J connectivity index is 2.92. The second kappa shape index (κ2) is 4.75. The minimum absolute atomic E-state index is 0.307. The molecule has 2 N–H and O–H groups in total. The number of aliphatic hydroxyl groups excluding tert-OH is 1. The third-order valence-corrected chi connectivity index (χ3v) is 2.43. The van der Waals surface area contributed by atoms with Crippen molar-refractivity contribution in [2.24, 2.45) is 0 Å². The Hall–Kier alpha value is -1.56. The molecule has 0 saturated carbocycles. The van der Waals surface area contributed by atoms with E-state index < -0.39 is 24.2 Å². The monoisotopic (exact) mass is 248 g/mol. The molecule has 94 valence electrons. The van der Waals surface area contributed by atoms with Crippen LogP contribution in [0, 0.1) is 0 Å². The predicted octanol–water partition coefficient (Wildman–Crippen LogP) is 2.47. The molecule has 1 aromatic carbocycles. The third kappa shape index (κ3) is 3.20. The topological polar surface area (TPSA) is 57.5 Å². The summed E-state index contributed by atoms with van der Waals surface area (Å²) in [5.41, 5.74) is 0.0782. The Kier molecular flexibility index (Phi) is 3.77. The molecule has 0 amide bonds. The molecule has 17 heavy (non-hydrogen) atoms. The van der Waals surface area contributed by atoms with Gasteiger partial charge in [0, 0.05) is 0 Å². The first-order chi connectivity index (χ1) is 7.73. The highest BCUT2D eigenvalue weighted by molar-refractivity contribution is 5.75. The lowest BCUT2D eigenvalue weighted by Crippen LogP contribution is -2.20. The van der Waals surface area contributed by atoms with E-state index in [0.29, 0.717) is 5.56 Å². The van der Waals surface area contributed by atoms with Gasteiger partial charge in [-0.2, -0.15) is 13.2 Å². The van der Waals surface area contributed by atoms with Crippen molar-refractivity contribution in [2.75, 3.05) is 0 Å². The Labute approximate surface area is 95.5 Å². The van der Waals surface area contributed by atoms with Crippen molar-refractivity contribution in [1.29, 1.82) is 0 Å². The molecule has 2 atom stereocenters. The molecule has 0 aliphatic rings. The van der Waals surface area contributed by atoms with Crippen LogP contribution in [0.3, 0.4) is 0 Å². The van der Waals surface area contributed by atoms with Gasteiger partial charge in [-0.25, -0.2) is 0 Å².